The van der Waals surface area contributed by atoms with Gasteiger partial charge in [-0.05, 0) is 86.2 Å². The first-order valence-electron chi connectivity index (χ1n) is 10.1. The number of nitrogens with one attached hydrogen (secondary N) is 1. The van der Waals surface area contributed by atoms with Crippen LogP contribution >= 0.6 is 0 Å². The molecular formula is C24H33NO4. The van der Waals surface area contributed by atoms with E-state index in [1.165, 1.54) is 5.56 Å². The molecule has 0 saturated carbocycles. The SMILES string of the molecule is CNCC(C)OC(=O)COc1cc(C)c(Cc2ccc(O)c(C(C)C)c2)c(C)c1. The minimum absolute atomic E-state index is 0.109. The lowest BCUT2D eigenvalue weighted by Gasteiger charge is -2.16. The third kappa shape index (κ3) is 6.50. The molecule has 0 heterocycles. The van der Waals surface area contributed by atoms with E-state index < -0.39 is 0 Å². The molecule has 0 radical (unpaired) electrons. The Kier molecular flexibility index (Phi) is 8.09. The van der Waals surface area contributed by atoms with Crippen molar-refractivity contribution >= 4 is 5.97 Å². The Morgan fingerprint density at radius 1 is 1.10 bits per heavy atom. The summed E-state index contributed by atoms with van der Waals surface area (Å²) in [5, 5.41) is 13.0. The van der Waals surface area contributed by atoms with Gasteiger partial charge in [-0.1, -0.05) is 26.0 Å². The smallest absolute Gasteiger partial charge is 0.344 e. The van der Waals surface area contributed by atoms with Crippen LogP contribution in [-0.2, 0) is 16.0 Å². The quantitative estimate of drug-likeness (QED) is 0.617. The molecule has 2 N–H and O–H groups in total. The number of aryl methyl sites for hydroxylation is 2. The molecule has 0 amide bonds. The Labute approximate surface area is 174 Å². The molecule has 0 saturated heterocycles. The normalized spacial score (nSPS) is 12.1. The Hall–Kier alpha value is -2.53. The molecule has 1 unspecified atom stereocenters. The van der Waals surface area contributed by atoms with Crippen LogP contribution in [0.2, 0.25) is 0 Å². The fourth-order valence-corrected chi connectivity index (χ4v) is 3.43. The van der Waals surface area contributed by atoms with Gasteiger partial charge in [0.05, 0.1) is 0 Å². The largest absolute Gasteiger partial charge is 0.508 e. The van der Waals surface area contributed by atoms with Crippen LogP contribution in [0.3, 0.4) is 0 Å². The number of esters is 1. The lowest BCUT2D eigenvalue weighted by Crippen LogP contribution is -2.28. The van der Waals surface area contributed by atoms with Crippen LogP contribution in [0.25, 0.3) is 0 Å². The molecule has 0 aliphatic heterocycles. The summed E-state index contributed by atoms with van der Waals surface area (Å²) >= 11 is 0. The molecule has 158 valence electrons. The van der Waals surface area contributed by atoms with Gasteiger partial charge in [0.25, 0.3) is 0 Å². The molecule has 5 nitrogen and oxygen atoms in total. The third-order valence-electron chi connectivity index (χ3n) is 4.95. The average molecular weight is 400 g/mol. The van der Waals surface area contributed by atoms with Crippen molar-refractivity contribution in [2.24, 2.45) is 0 Å². The highest BCUT2D eigenvalue weighted by Crippen LogP contribution is 2.29. The third-order valence-corrected chi connectivity index (χ3v) is 4.95. The molecular weight excluding hydrogens is 366 g/mol. The van der Waals surface area contributed by atoms with Crippen LogP contribution in [0, 0.1) is 13.8 Å². The van der Waals surface area contributed by atoms with Crippen LogP contribution in [0.15, 0.2) is 30.3 Å². The molecule has 29 heavy (non-hydrogen) atoms. The van der Waals surface area contributed by atoms with E-state index in [1.54, 1.807) is 6.07 Å². The fraction of sp³-hybridized carbons (Fsp3) is 0.458. The minimum atomic E-state index is -0.377. The maximum absolute atomic E-state index is 11.9. The fourth-order valence-electron chi connectivity index (χ4n) is 3.43. The van der Waals surface area contributed by atoms with Crippen molar-refractivity contribution < 1.29 is 19.4 Å². The van der Waals surface area contributed by atoms with Gasteiger partial charge >= 0.3 is 5.97 Å². The van der Waals surface area contributed by atoms with Crippen LogP contribution in [-0.4, -0.2) is 37.4 Å². The zero-order chi connectivity index (χ0) is 21.6. The van der Waals surface area contributed by atoms with Gasteiger partial charge in [-0.2, -0.15) is 0 Å². The number of ether oxygens (including phenoxy) is 2. The summed E-state index contributed by atoms with van der Waals surface area (Å²) in [6.45, 7) is 10.6. The van der Waals surface area contributed by atoms with Gasteiger partial charge in [0, 0.05) is 6.54 Å². The first-order chi connectivity index (χ1) is 13.7. The van der Waals surface area contributed by atoms with Crippen LogP contribution in [0.1, 0.15) is 54.5 Å². The Bertz CT molecular complexity index is 822. The van der Waals surface area contributed by atoms with Gasteiger partial charge in [0.15, 0.2) is 6.61 Å². The van der Waals surface area contributed by atoms with Crippen LogP contribution in [0.4, 0.5) is 0 Å². The molecule has 2 aromatic rings. The van der Waals surface area contributed by atoms with Crippen molar-refractivity contribution in [1.82, 2.24) is 5.32 Å². The number of aromatic hydroxyl groups is 1. The summed E-state index contributed by atoms with van der Waals surface area (Å²) in [6.07, 6.45) is 0.588. The predicted molar refractivity (Wildman–Crippen MR) is 116 cm³/mol. The van der Waals surface area contributed by atoms with Gasteiger partial charge in [-0.3, -0.25) is 0 Å². The Balaban J connectivity index is 2.08. The molecule has 0 bridgehead atoms. The minimum Gasteiger partial charge on any atom is -0.508 e. The lowest BCUT2D eigenvalue weighted by atomic mass is 9.93. The number of rotatable bonds is 9. The van der Waals surface area contributed by atoms with Gasteiger partial charge in [-0.25, -0.2) is 4.79 Å². The second-order valence-corrected chi connectivity index (χ2v) is 7.91. The van der Waals surface area contributed by atoms with E-state index in [0.717, 1.165) is 28.7 Å². The Morgan fingerprint density at radius 3 is 2.34 bits per heavy atom. The lowest BCUT2D eigenvalue weighted by molar-refractivity contribution is -0.150. The summed E-state index contributed by atoms with van der Waals surface area (Å²) in [7, 11) is 1.82. The molecule has 0 fully saturated rings. The molecule has 0 aliphatic rings. The summed E-state index contributed by atoms with van der Waals surface area (Å²) in [5.41, 5.74) is 5.56. The first kappa shape index (κ1) is 22.8. The summed E-state index contributed by atoms with van der Waals surface area (Å²) in [4.78, 5) is 11.9. The number of carbonyl (C=O) groups is 1. The van der Waals surface area contributed by atoms with Gasteiger partial charge in [0.1, 0.15) is 17.6 Å². The molecule has 2 aromatic carbocycles. The van der Waals surface area contributed by atoms with E-state index in [9.17, 15) is 9.90 Å². The van der Waals surface area contributed by atoms with Gasteiger partial charge in [0.2, 0.25) is 0 Å². The van der Waals surface area contributed by atoms with Crippen molar-refractivity contribution in [3.8, 4) is 11.5 Å². The molecule has 0 aliphatic carbocycles. The highest BCUT2D eigenvalue weighted by atomic mass is 16.6. The maximum Gasteiger partial charge on any atom is 0.344 e. The van der Waals surface area contributed by atoms with E-state index in [1.807, 2.05) is 46.0 Å². The van der Waals surface area contributed by atoms with E-state index in [4.69, 9.17) is 9.47 Å². The topological polar surface area (TPSA) is 67.8 Å². The average Bonchev–Trinajstić information content (AvgIpc) is 2.64. The van der Waals surface area contributed by atoms with Gasteiger partial charge in [-0.15, -0.1) is 0 Å². The van der Waals surface area contributed by atoms with Gasteiger partial charge < -0.3 is 19.9 Å². The zero-order valence-electron chi connectivity index (χ0n) is 18.3. The van der Waals surface area contributed by atoms with Crippen LogP contribution in [0.5, 0.6) is 11.5 Å². The van der Waals surface area contributed by atoms with Crippen molar-refractivity contribution in [2.45, 2.75) is 53.1 Å². The number of carbonyl (C=O) groups excluding carboxylic acids is 1. The van der Waals surface area contributed by atoms with E-state index in [-0.39, 0.29) is 24.6 Å². The zero-order valence-corrected chi connectivity index (χ0v) is 18.3. The number of hydrogen-bond acceptors (Lipinski definition) is 5. The van der Waals surface area contributed by atoms with Crippen molar-refractivity contribution in [3.63, 3.8) is 0 Å². The maximum atomic E-state index is 11.9. The standard InChI is InChI=1S/C24H33NO4/c1-15(2)21-11-19(7-8-23(21)26)12-22-16(3)9-20(10-17(22)4)28-14-24(27)29-18(5)13-25-6/h7-11,15,18,25-26H,12-14H2,1-6H3. The van der Waals surface area contributed by atoms with E-state index >= 15 is 0 Å². The second-order valence-electron chi connectivity index (χ2n) is 7.91. The molecule has 0 aromatic heterocycles. The highest BCUT2D eigenvalue weighted by Gasteiger charge is 2.13. The van der Waals surface area contributed by atoms with Crippen molar-refractivity contribution in [1.29, 1.82) is 0 Å². The number of hydrogen-bond donors (Lipinski definition) is 2. The molecule has 1 atom stereocenters. The number of benzene rings is 2. The second kappa shape index (κ2) is 10.3. The summed E-state index contributed by atoms with van der Waals surface area (Å²) < 4.78 is 10.9. The molecule has 0 spiro atoms. The van der Waals surface area contributed by atoms with Crippen LogP contribution < -0.4 is 10.1 Å². The van der Waals surface area contributed by atoms with Crippen molar-refractivity contribution in [3.05, 3.63) is 58.1 Å². The summed E-state index contributed by atoms with van der Waals surface area (Å²) in [6, 6.07) is 9.72. The Morgan fingerprint density at radius 2 is 1.76 bits per heavy atom. The highest BCUT2D eigenvalue weighted by molar-refractivity contribution is 5.71. The number of phenols is 1. The number of phenolic OH excluding ortho intramolecular Hbond substituents is 1. The monoisotopic (exact) mass is 399 g/mol. The number of likely N-dealkylation sites (N-methyl/N-ethyl adjacent to an activating group) is 1. The first-order valence-corrected chi connectivity index (χ1v) is 10.1. The van der Waals surface area contributed by atoms with E-state index in [0.29, 0.717) is 18.0 Å². The summed E-state index contributed by atoms with van der Waals surface area (Å²) in [5.74, 6) is 0.897. The van der Waals surface area contributed by atoms with Crippen molar-refractivity contribution in [2.75, 3.05) is 20.2 Å². The predicted octanol–water partition coefficient (Wildman–Crippen LogP) is 4.25. The van der Waals surface area contributed by atoms with E-state index in [2.05, 4.69) is 25.2 Å². The molecule has 2 rings (SSSR count). The molecule has 5 heteroatoms.